The van der Waals surface area contributed by atoms with Crippen LogP contribution in [0.2, 0.25) is 5.02 Å². The van der Waals surface area contributed by atoms with Crippen LogP contribution in [-0.4, -0.2) is 52.1 Å². The van der Waals surface area contributed by atoms with Crippen molar-refractivity contribution >= 4 is 23.4 Å². The van der Waals surface area contributed by atoms with Gasteiger partial charge < -0.3 is 10.0 Å². The normalized spacial score (nSPS) is 15.6. The summed E-state index contributed by atoms with van der Waals surface area (Å²) in [4.78, 5) is 24.0. The molecule has 0 aliphatic carbocycles. The maximum atomic E-state index is 11.1. The Morgan fingerprint density at radius 2 is 2.00 bits per heavy atom. The van der Waals surface area contributed by atoms with Crippen LogP contribution in [0.4, 0.5) is 5.82 Å². The summed E-state index contributed by atoms with van der Waals surface area (Å²) in [6.45, 7) is 4.09. The SMILES string of the molecule is O=C(O)c1cccc(CN2CCN(c3cnccn3)CC2)c1Cl. The standard InChI is InChI=1S/C16H17ClN4O2/c17-15-12(2-1-3-13(15)16(22)23)11-20-6-8-21(9-7-20)14-10-18-4-5-19-14/h1-5,10H,6-9,11H2,(H,22,23). The monoisotopic (exact) mass is 332 g/mol. The lowest BCUT2D eigenvalue weighted by molar-refractivity contribution is 0.0697. The minimum atomic E-state index is -0.996. The molecule has 2 heterocycles. The lowest BCUT2D eigenvalue weighted by Gasteiger charge is -2.35. The van der Waals surface area contributed by atoms with Crippen molar-refractivity contribution in [3.05, 3.63) is 52.9 Å². The molecule has 1 aliphatic rings. The molecule has 3 rings (SSSR count). The van der Waals surface area contributed by atoms with Gasteiger partial charge in [0.25, 0.3) is 0 Å². The predicted molar refractivity (Wildman–Crippen MR) is 87.9 cm³/mol. The first-order chi connectivity index (χ1) is 11.1. The molecule has 0 atom stereocenters. The van der Waals surface area contributed by atoms with E-state index >= 15 is 0 Å². The number of rotatable bonds is 4. The summed E-state index contributed by atoms with van der Waals surface area (Å²) in [6, 6.07) is 5.14. The molecule has 0 spiro atoms. The Balaban J connectivity index is 1.63. The molecular formula is C16H17ClN4O2. The molecular weight excluding hydrogens is 316 g/mol. The summed E-state index contributed by atoms with van der Waals surface area (Å²) in [6.07, 6.45) is 5.12. The number of carbonyl (C=O) groups is 1. The van der Waals surface area contributed by atoms with Crippen LogP contribution in [0.3, 0.4) is 0 Å². The fourth-order valence-electron chi connectivity index (χ4n) is 2.70. The molecule has 0 bridgehead atoms. The number of carboxylic acid groups (broad SMARTS) is 1. The molecule has 0 unspecified atom stereocenters. The van der Waals surface area contributed by atoms with Gasteiger partial charge in [-0.05, 0) is 11.6 Å². The third-order valence-corrected chi connectivity index (χ3v) is 4.40. The largest absolute Gasteiger partial charge is 0.478 e. The molecule has 0 amide bonds. The van der Waals surface area contributed by atoms with Crippen molar-refractivity contribution in [2.45, 2.75) is 6.54 Å². The van der Waals surface area contributed by atoms with Gasteiger partial charge in [-0.1, -0.05) is 23.7 Å². The number of benzene rings is 1. The lowest BCUT2D eigenvalue weighted by Crippen LogP contribution is -2.46. The van der Waals surface area contributed by atoms with Crippen LogP contribution in [0.15, 0.2) is 36.8 Å². The molecule has 2 aromatic rings. The van der Waals surface area contributed by atoms with Gasteiger partial charge >= 0.3 is 5.97 Å². The molecule has 1 aromatic heterocycles. The Kier molecular flexibility index (Phi) is 4.73. The zero-order valence-electron chi connectivity index (χ0n) is 12.5. The summed E-state index contributed by atoms with van der Waals surface area (Å²) in [5.74, 6) is -0.109. The van der Waals surface area contributed by atoms with Crippen molar-refractivity contribution in [2.75, 3.05) is 31.1 Å². The van der Waals surface area contributed by atoms with Crippen molar-refractivity contribution in [1.82, 2.24) is 14.9 Å². The van der Waals surface area contributed by atoms with Crippen molar-refractivity contribution < 1.29 is 9.90 Å². The Morgan fingerprint density at radius 3 is 2.65 bits per heavy atom. The summed E-state index contributed by atoms with van der Waals surface area (Å²) < 4.78 is 0. The zero-order chi connectivity index (χ0) is 16.2. The fourth-order valence-corrected chi connectivity index (χ4v) is 2.96. The van der Waals surface area contributed by atoms with E-state index in [4.69, 9.17) is 16.7 Å². The van der Waals surface area contributed by atoms with Gasteiger partial charge in [-0.2, -0.15) is 0 Å². The van der Waals surface area contributed by atoms with Crippen LogP contribution in [0.25, 0.3) is 0 Å². The highest BCUT2D eigenvalue weighted by Gasteiger charge is 2.20. The van der Waals surface area contributed by atoms with Crippen molar-refractivity contribution in [3.8, 4) is 0 Å². The number of piperazine rings is 1. The van der Waals surface area contributed by atoms with E-state index in [0.717, 1.165) is 37.6 Å². The minimum Gasteiger partial charge on any atom is -0.478 e. The van der Waals surface area contributed by atoms with E-state index in [1.165, 1.54) is 6.07 Å². The van der Waals surface area contributed by atoms with Gasteiger partial charge in [0.1, 0.15) is 5.82 Å². The van der Waals surface area contributed by atoms with Gasteiger partial charge in [-0.15, -0.1) is 0 Å². The van der Waals surface area contributed by atoms with Crippen LogP contribution < -0.4 is 4.90 Å². The molecule has 0 saturated carbocycles. The molecule has 0 radical (unpaired) electrons. The van der Waals surface area contributed by atoms with Gasteiger partial charge in [0.2, 0.25) is 0 Å². The van der Waals surface area contributed by atoms with Crippen LogP contribution in [-0.2, 0) is 6.54 Å². The van der Waals surface area contributed by atoms with Crippen LogP contribution in [0, 0.1) is 0 Å². The second kappa shape index (κ2) is 6.93. The second-order valence-electron chi connectivity index (χ2n) is 5.41. The minimum absolute atomic E-state index is 0.155. The number of halogens is 1. The summed E-state index contributed by atoms with van der Waals surface area (Å²) >= 11 is 6.21. The van der Waals surface area contributed by atoms with Crippen molar-refractivity contribution in [3.63, 3.8) is 0 Å². The van der Waals surface area contributed by atoms with Crippen LogP contribution >= 0.6 is 11.6 Å². The Hall–Kier alpha value is -2.18. The number of hydrogen-bond donors (Lipinski definition) is 1. The highest BCUT2D eigenvalue weighted by molar-refractivity contribution is 6.34. The lowest BCUT2D eigenvalue weighted by atomic mass is 10.1. The van der Waals surface area contributed by atoms with E-state index < -0.39 is 5.97 Å². The predicted octanol–water partition coefficient (Wildman–Crippen LogP) is 2.15. The third-order valence-electron chi connectivity index (χ3n) is 3.95. The van der Waals surface area contributed by atoms with Gasteiger partial charge in [0, 0.05) is 45.1 Å². The number of carboxylic acids is 1. The highest BCUT2D eigenvalue weighted by Crippen LogP contribution is 2.23. The maximum Gasteiger partial charge on any atom is 0.337 e. The molecule has 1 fully saturated rings. The average Bonchev–Trinajstić information content (AvgIpc) is 2.58. The average molecular weight is 333 g/mol. The van der Waals surface area contributed by atoms with E-state index in [2.05, 4.69) is 19.8 Å². The second-order valence-corrected chi connectivity index (χ2v) is 5.79. The molecule has 1 aliphatic heterocycles. The van der Waals surface area contributed by atoms with Gasteiger partial charge in [-0.25, -0.2) is 9.78 Å². The summed E-state index contributed by atoms with van der Waals surface area (Å²) in [7, 11) is 0. The van der Waals surface area contributed by atoms with E-state index in [-0.39, 0.29) is 5.56 Å². The number of aromatic carboxylic acids is 1. The molecule has 120 valence electrons. The smallest absolute Gasteiger partial charge is 0.337 e. The molecule has 1 aromatic carbocycles. The number of anilines is 1. The maximum absolute atomic E-state index is 11.1. The van der Waals surface area contributed by atoms with E-state index in [0.29, 0.717) is 11.6 Å². The summed E-state index contributed by atoms with van der Waals surface area (Å²) in [5, 5.41) is 9.47. The van der Waals surface area contributed by atoms with Crippen molar-refractivity contribution in [1.29, 1.82) is 0 Å². The van der Waals surface area contributed by atoms with Gasteiger partial charge in [0.15, 0.2) is 0 Å². The number of nitrogens with zero attached hydrogens (tertiary/aromatic N) is 4. The Labute approximate surface area is 139 Å². The third kappa shape index (κ3) is 3.60. The first kappa shape index (κ1) is 15.7. The van der Waals surface area contributed by atoms with Crippen molar-refractivity contribution in [2.24, 2.45) is 0 Å². The van der Waals surface area contributed by atoms with Gasteiger partial charge in [-0.3, -0.25) is 9.88 Å². The first-order valence-corrected chi connectivity index (χ1v) is 7.77. The van der Waals surface area contributed by atoms with Gasteiger partial charge in [0.05, 0.1) is 16.8 Å². The van der Waals surface area contributed by atoms with E-state index in [1.54, 1.807) is 24.7 Å². The van der Waals surface area contributed by atoms with E-state index in [9.17, 15) is 4.79 Å². The molecule has 7 heteroatoms. The molecule has 1 saturated heterocycles. The first-order valence-electron chi connectivity index (χ1n) is 7.39. The quantitative estimate of drug-likeness (QED) is 0.925. The number of aromatic nitrogens is 2. The van der Waals surface area contributed by atoms with Crippen LogP contribution in [0.1, 0.15) is 15.9 Å². The Morgan fingerprint density at radius 1 is 1.22 bits per heavy atom. The zero-order valence-corrected chi connectivity index (χ0v) is 13.3. The molecule has 6 nitrogen and oxygen atoms in total. The van der Waals surface area contributed by atoms with E-state index in [1.807, 2.05) is 6.07 Å². The number of hydrogen-bond acceptors (Lipinski definition) is 5. The topological polar surface area (TPSA) is 69.6 Å². The summed E-state index contributed by atoms with van der Waals surface area (Å²) in [5.41, 5.74) is 1.00. The van der Waals surface area contributed by atoms with Crippen LogP contribution in [0.5, 0.6) is 0 Å². The fraction of sp³-hybridized carbons (Fsp3) is 0.312. The molecule has 1 N–H and O–H groups in total. The molecule has 23 heavy (non-hydrogen) atoms. The highest BCUT2D eigenvalue weighted by atomic mass is 35.5. The Bertz CT molecular complexity index is 688.